The second-order valence-electron chi connectivity index (χ2n) is 7.19. The molecule has 0 aromatic heterocycles. The smallest absolute Gasteiger partial charge is 0.243 e. The molecule has 156 valence electrons. The van der Waals surface area contributed by atoms with Gasteiger partial charge in [-0.05, 0) is 42.8 Å². The maximum atomic E-state index is 13.2. The van der Waals surface area contributed by atoms with E-state index >= 15 is 0 Å². The van der Waals surface area contributed by atoms with Crippen LogP contribution in [-0.2, 0) is 16.6 Å². The molecule has 29 heavy (non-hydrogen) atoms. The van der Waals surface area contributed by atoms with E-state index in [0.29, 0.717) is 44.3 Å². The largest absolute Gasteiger partial charge is 0.497 e. The average molecular weight is 419 g/mol. The fraction of sp³-hybridized carbons (Fsp3) is 0.429. The average Bonchev–Trinajstić information content (AvgIpc) is 3.00. The van der Waals surface area contributed by atoms with E-state index in [1.165, 1.54) is 5.56 Å². The molecule has 2 heterocycles. The molecule has 2 aromatic rings. The zero-order valence-corrected chi connectivity index (χ0v) is 17.4. The monoisotopic (exact) mass is 418 g/mol. The fourth-order valence-electron chi connectivity index (χ4n) is 3.67. The van der Waals surface area contributed by atoms with Crippen molar-refractivity contribution in [2.75, 3.05) is 46.5 Å². The number of sulfonamides is 1. The summed E-state index contributed by atoms with van der Waals surface area (Å²) in [6.45, 7) is 4.23. The minimum absolute atomic E-state index is 0.255. The van der Waals surface area contributed by atoms with E-state index in [1.54, 1.807) is 29.6 Å². The van der Waals surface area contributed by atoms with Gasteiger partial charge in [-0.3, -0.25) is 4.90 Å². The molecule has 0 N–H and O–H groups in total. The van der Waals surface area contributed by atoms with Gasteiger partial charge in [0.05, 0.1) is 12.0 Å². The predicted molar refractivity (Wildman–Crippen MR) is 109 cm³/mol. The molecule has 0 atom stereocenters. The van der Waals surface area contributed by atoms with Crippen LogP contribution in [0, 0.1) is 0 Å². The van der Waals surface area contributed by atoms with Crippen LogP contribution in [0.4, 0.5) is 0 Å². The summed E-state index contributed by atoms with van der Waals surface area (Å²) in [6.07, 6.45) is 0.792. The molecule has 0 amide bonds. The van der Waals surface area contributed by atoms with Gasteiger partial charge in [-0.2, -0.15) is 4.31 Å². The maximum Gasteiger partial charge on any atom is 0.243 e. The molecule has 0 saturated carbocycles. The highest BCUT2D eigenvalue weighted by Crippen LogP contribution is 2.33. The Morgan fingerprint density at radius 2 is 1.69 bits per heavy atom. The van der Waals surface area contributed by atoms with Crippen molar-refractivity contribution in [1.29, 1.82) is 0 Å². The van der Waals surface area contributed by atoms with Crippen LogP contribution in [-0.4, -0.2) is 64.1 Å². The summed E-state index contributed by atoms with van der Waals surface area (Å²) in [6, 6.07) is 12.8. The van der Waals surface area contributed by atoms with Gasteiger partial charge >= 0.3 is 0 Å². The second kappa shape index (κ2) is 8.61. The summed E-state index contributed by atoms with van der Waals surface area (Å²) in [7, 11) is -1.92. The number of hydrogen-bond acceptors (Lipinski definition) is 6. The van der Waals surface area contributed by atoms with Crippen LogP contribution in [0.1, 0.15) is 12.0 Å². The van der Waals surface area contributed by atoms with E-state index in [2.05, 4.69) is 4.90 Å². The first-order valence-electron chi connectivity index (χ1n) is 9.81. The van der Waals surface area contributed by atoms with E-state index in [4.69, 9.17) is 14.2 Å². The van der Waals surface area contributed by atoms with Crippen LogP contribution in [0.15, 0.2) is 47.4 Å². The number of fused-ring (bicyclic) bond motifs is 1. The van der Waals surface area contributed by atoms with Crippen molar-refractivity contribution in [2.45, 2.75) is 17.9 Å². The van der Waals surface area contributed by atoms with Gasteiger partial charge in [-0.15, -0.1) is 0 Å². The number of benzene rings is 2. The lowest BCUT2D eigenvalue weighted by atomic mass is 10.2. The summed E-state index contributed by atoms with van der Waals surface area (Å²) in [5.41, 5.74) is 1.19. The molecule has 1 fully saturated rings. The quantitative estimate of drug-likeness (QED) is 0.743. The van der Waals surface area contributed by atoms with Crippen LogP contribution in [0.3, 0.4) is 0 Å². The molecule has 7 nitrogen and oxygen atoms in total. The highest BCUT2D eigenvalue weighted by atomic mass is 32.2. The number of hydrogen-bond donors (Lipinski definition) is 0. The molecule has 2 aromatic carbocycles. The van der Waals surface area contributed by atoms with Gasteiger partial charge in [0.1, 0.15) is 19.0 Å². The van der Waals surface area contributed by atoms with Gasteiger partial charge in [-0.25, -0.2) is 8.42 Å². The van der Waals surface area contributed by atoms with Crippen molar-refractivity contribution < 1.29 is 22.6 Å². The molecule has 0 radical (unpaired) electrons. The lowest BCUT2D eigenvalue weighted by molar-refractivity contribution is 0.171. The van der Waals surface area contributed by atoms with Gasteiger partial charge in [0.25, 0.3) is 0 Å². The van der Waals surface area contributed by atoms with E-state index in [9.17, 15) is 8.42 Å². The zero-order chi connectivity index (χ0) is 20.3. The van der Waals surface area contributed by atoms with Crippen LogP contribution >= 0.6 is 0 Å². The van der Waals surface area contributed by atoms with Crippen molar-refractivity contribution in [3.8, 4) is 17.2 Å². The molecular weight excluding hydrogens is 392 g/mol. The normalized spacial score (nSPS) is 18.2. The Labute approximate surface area is 171 Å². The minimum atomic E-state index is -3.57. The van der Waals surface area contributed by atoms with Crippen molar-refractivity contribution >= 4 is 10.0 Å². The van der Waals surface area contributed by atoms with Crippen LogP contribution in [0.5, 0.6) is 17.2 Å². The number of nitrogens with zero attached hydrogens (tertiary/aromatic N) is 2. The predicted octanol–water partition coefficient (Wildman–Crippen LogP) is 2.36. The van der Waals surface area contributed by atoms with Crippen molar-refractivity contribution in [1.82, 2.24) is 9.21 Å². The number of methoxy groups -OCH3 is 1. The summed E-state index contributed by atoms with van der Waals surface area (Å²) < 4.78 is 44.1. The first-order chi connectivity index (χ1) is 14.1. The lowest BCUT2D eigenvalue weighted by Crippen LogP contribution is -2.35. The van der Waals surface area contributed by atoms with Crippen molar-refractivity contribution in [3.05, 3.63) is 48.0 Å². The Bertz CT molecular complexity index is 946. The van der Waals surface area contributed by atoms with Crippen LogP contribution in [0.2, 0.25) is 0 Å². The molecule has 2 aliphatic heterocycles. The number of ether oxygens (including phenoxy) is 3. The Kier molecular flexibility index (Phi) is 5.94. The van der Waals surface area contributed by atoms with Gasteiger partial charge in [-0.1, -0.05) is 12.1 Å². The van der Waals surface area contributed by atoms with Gasteiger partial charge in [0, 0.05) is 32.2 Å². The molecule has 1 saturated heterocycles. The third kappa shape index (κ3) is 4.49. The molecule has 8 heteroatoms. The first kappa shape index (κ1) is 20.0. The molecule has 0 unspecified atom stereocenters. The van der Waals surface area contributed by atoms with Gasteiger partial charge in [0.2, 0.25) is 10.0 Å². The second-order valence-corrected chi connectivity index (χ2v) is 9.13. The summed E-state index contributed by atoms with van der Waals surface area (Å²) in [4.78, 5) is 2.55. The Balaban J connectivity index is 1.43. The first-order valence-corrected chi connectivity index (χ1v) is 11.3. The Morgan fingerprint density at radius 3 is 2.45 bits per heavy atom. The third-order valence-corrected chi connectivity index (χ3v) is 7.16. The van der Waals surface area contributed by atoms with E-state index in [-0.39, 0.29) is 4.90 Å². The standard InChI is InChI=1S/C21H26N2O5S/c1-26-18-5-3-17(4-6-18)16-22-9-2-10-23(12-11-22)29(24,25)19-7-8-20-21(15-19)28-14-13-27-20/h3-8,15H,2,9-14,16H2,1H3. The van der Waals surface area contributed by atoms with Crippen molar-refractivity contribution in [3.63, 3.8) is 0 Å². The van der Waals surface area contributed by atoms with Crippen molar-refractivity contribution in [2.24, 2.45) is 0 Å². The number of rotatable bonds is 5. The molecule has 0 bridgehead atoms. The van der Waals surface area contributed by atoms with Gasteiger partial charge < -0.3 is 14.2 Å². The summed E-state index contributed by atoms with van der Waals surface area (Å²) in [5, 5.41) is 0. The molecule has 0 spiro atoms. The molecule has 4 rings (SSSR count). The fourth-order valence-corrected chi connectivity index (χ4v) is 5.15. The molecular formula is C21H26N2O5S. The molecule has 2 aliphatic rings. The van der Waals surface area contributed by atoms with Crippen LogP contribution in [0.25, 0.3) is 0 Å². The molecule has 0 aliphatic carbocycles. The summed E-state index contributed by atoms with van der Waals surface area (Å²) in [5.74, 6) is 1.92. The highest BCUT2D eigenvalue weighted by Gasteiger charge is 2.28. The Morgan fingerprint density at radius 1 is 0.931 bits per heavy atom. The minimum Gasteiger partial charge on any atom is -0.497 e. The SMILES string of the molecule is COc1ccc(CN2CCCN(S(=O)(=O)c3ccc4c(c3)OCCO4)CC2)cc1. The van der Waals surface area contributed by atoms with E-state index < -0.39 is 10.0 Å². The highest BCUT2D eigenvalue weighted by molar-refractivity contribution is 7.89. The van der Waals surface area contributed by atoms with E-state index in [1.807, 2.05) is 24.3 Å². The van der Waals surface area contributed by atoms with Gasteiger partial charge in [0.15, 0.2) is 11.5 Å². The van der Waals surface area contributed by atoms with E-state index in [0.717, 1.165) is 25.3 Å². The summed E-state index contributed by atoms with van der Waals surface area (Å²) >= 11 is 0. The maximum absolute atomic E-state index is 13.2. The topological polar surface area (TPSA) is 68.3 Å². The lowest BCUT2D eigenvalue weighted by Gasteiger charge is -2.23. The zero-order valence-electron chi connectivity index (χ0n) is 16.5. The van der Waals surface area contributed by atoms with Crippen LogP contribution < -0.4 is 14.2 Å². The third-order valence-electron chi connectivity index (χ3n) is 5.26. The Hall–Kier alpha value is -2.29.